The van der Waals surface area contributed by atoms with Crippen LogP contribution in [0.2, 0.25) is 0 Å². The number of carbonyl (C=O) groups is 1. The Morgan fingerprint density at radius 1 is 1.32 bits per heavy atom. The third-order valence-corrected chi connectivity index (χ3v) is 2.55. The number of hydrogen-bond acceptors (Lipinski definition) is 3. The molecule has 0 aliphatic heterocycles. The molecule has 0 amide bonds. The molecule has 0 aliphatic rings. The maximum Gasteiger partial charge on any atom is 0.195 e. The lowest BCUT2D eigenvalue weighted by Crippen LogP contribution is -2.06. The first-order chi connectivity index (χ1) is 9.13. The number of rotatable bonds is 5. The molecule has 0 heterocycles. The van der Waals surface area contributed by atoms with E-state index in [2.05, 4.69) is 0 Å². The lowest BCUT2D eigenvalue weighted by Gasteiger charge is -2.06. The van der Waals surface area contributed by atoms with Gasteiger partial charge < -0.3 is 11.1 Å². The number of halogens is 2. The molecular weight excluding hydrogens is 267 g/mol. The number of nitrogens with one attached hydrogen (secondary N) is 1. The number of hydrogen-bond donors (Lipinski definition) is 2. The van der Waals surface area contributed by atoms with Gasteiger partial charge in [-0.2, -0.15) is 0 Å². The lowest BCUT2D eigenvalue weighted by atomic mass is 9.98. The molecule has 0 unspecified atom stereocenters. The Balaban J connectivity index is 3.10. The van der Waals surface area contributed by atoms with E-state index >= 15 is 0 Å². The van der Waals surface area contributed by atoms with Gasteiger partial charge in [-0.3, -0.25) is 4.79 Å². The minimum absolute atomic E-state index is 0.186. The molecule has 0 aromatic heterocycles. The summed E-state index contributed by atoms with van der Waals surface area (Å²) in [6.07, 6.45) is 4.94. The van der Waals surface area contributed by atoms with E-state index in [1.807, 2.05) is 0 Å². The quantitative estimate of drug-likeness (QED) is 0.494. The highest BCUT2D eigenvalue weighted by atomic mass is 35.5. The summed E-state index contributed by atoms with van der Waals surface area (Å²) in [5, 5.41) is 6.88. The monoisotopic (exact) mass is 278 g/mol. The third kappa shape index (κ3) is 3.89. The second-order valence-corrected chi connectivity index (χ2v) is 3.72. The molecule has 0 saturated heterocycles. The summed E-state index contributed by atoms with van der Waals surface area (Å²) in [6.45, 7) is 0. The van der Waals surface area contributed by atoms with Gasteiger partial charge in [-0.1, -0.05) is 23.7 Å². The smallest absolute Gasteiger partial charge is 0.195 e. The second-order valence-electron chi connectivity index (χ2n) is 3.51. The predicted molar refractivity (Wildman–Crippen MR) is 75.4 cm³/mol. The van der Waals surface area contributed by atoms with Gasteiger partial charge in [-0.25, -0.2) is 4.39 Å². The van der Waals surface area contributed by atoms with Crippen molar-refractivity contribution in [1.29, 1.82) is 5.41 Å². The molecule has 0 saturated carbocycles. The highest BCUT2D eigenvalue weighted by Gasteiger charge is 2.14. The summed E-state index contributed by atoms with van der Waals surface area (Å²) in [5.41, 5.74) is 7.45. The molecule has 19 heavy (non-hydrogen) atoms. The van der Waals surface area contributed by atoms with Crippen LogP contribution in [0.1, 0.15) is 5.56 Å². The first-order valence-electron chi connectivity index (χ1n) is 5.34. The van der Waals surface area contributed by atoms with Crippen LogP contribution in [0.15, 0.2) is 53.7 Å². The summed E-state index contributed by atoms with van der Waals surface area (Å²) in [4.78, 5) is 12.2. The van der Waals surface area contributed by atoms with E-state index in [1.54, 1.807) is 0 Å². The number of allylic oxidation sites excluding steroid dienone is 4. The van der Waals surface area contributed by atoms with Crippen molar-refractivity contribution in [2.45, 2.75) is 0 Å². The van der Waals surface area contributed by atoms with Crippen LogP contribution in [0, 0.1) is 11.2 Å². The summed E-state index contributed by atoms with van der Waals surface area (Å²) < 4.78 is 12.8. The fraction of sp³-hybridized carbons (Fsp3) is 0. The molecule has 98 valence electrons. The fourth-order valence-electron chi connectivity index (χ4n) is 1.40. The summed E-state index contributed by atoms with van der Waals surface area (Å²) in [5.74, 6) is -0.799. The number of Topliss-reactive ketones (excluding diaryl/α,β-unsaturated/α-hetero) is 1. The minimum Gasteiger partial charge on any atom is -0.404 e. The maximum atomic E-state index is 12.8. The standard InChI is InChI=1S/C14H12ClFN2O/c15-8-11(2-1-7-17)14(19)13(9-18)10-3-5-12(16)6-4-10/h1-9,17H,18H2/b2-1-,11-8-,13-9-,17-7?. The molecule has 0 spiro atoms. The second kappa shape index (κ2) is 7.28. The van der Waals surface area contributed by atoms with Crippen molar-refractivity contribution in [2.75, 3.05) is 0 Å². The van der Waals surface area contributed by atoms with Crippen molar-refractivity contribution in [3.05, 3.63) is 65.1 Å². The van der Waals surface area contributed by atoms with Gasteiger partial charge in [0.25, 0.3) is 0 Å². The van der Waals surface area contributed by atoms with Crippen molar-refractivity contribution in [1.82, 2.24) is 0 Å². The van der Waals surface area contributed by atoms with Crippen molar-refractivity contribution in [3.8, 4) is 0 Å². The Morgan fingerprint density at radius 3 is 2.42 bits per heavy atom. The first kappa shape index (κ1) is 14.9. The molecule has 0 radical (unpaired) electrons. The van der Waals surface area contributed by atoms with Crippen LogP contribution in [0.3, 0.4) is 0 Å². The largest absolute Gasteiger partial charge is 0.404 e. The van der Waals surface area contributed by atoms with Gasteiger partial charge in [0.05, 0.1) is 0 Å². The zero-order valence-corrected chi connectivity index (χ0v) is 10.7. The minimum atomic E-state index is -0.401. The van der Waals surface area contributed by atoms with Crippen LogP contribution in [-0.2, 0) is 4.79 Å². The highest BCUT2D eigenvalue weighted by Crippen LogP contribution is 2.20. The molecule has 5 heteroatoms. The highest BCUT2D eigenvalue weighted by molar-refractivity contribution is 6.35. The Labute approximate surface area is 115 Å². The van der Waals surface area contributed by atoms with Crippen molar-refractivity contribution in [2.24, 2.45) is 5.73 Å². The fourth-order valence-corrected chi connectivity index (χ4v) is 1.57. The lowest BCUT2D eigenvalue weighted by molar-refractivity contribution is -0.110. The van der Waals surface area contributed by atoms with Crippen LogP contribution in [0.25, 0.3) is 5.57 Å². The van der Waals surface area contributed by atoms with E-state index in [1.165, 1.54) is 36.4 Å². The Hall–Kier alpha value is -2.20. The SMILES string of the molecule is N=C/C=C\C(=C\Cl)C(=O)/C(=C\N)c1ccc(F)cc1. The number of nitrogens with two attached hydrogens (primary N) is 1. The molecule has 1 rings (SSSR count). The van der Waals surface area contributed by atoms with Gasteiger partial charge in [0, 0.05) is 29.1 Å². The van der Waals surface area contributed by atoms with E-state index in [4.69, 9.17) is 22.7 Å². The van der Waals surface area contributed by atoms with Crippen LogP contribution in [0.5, 0.6) is 0 Å². The summed E-state index contributed by atoms with van der Waals surface area (Å²) in [6, 6.07) is 5.39. The van der Waals surface area contributed by atoms with E-state index in [0.717, 1.165) is 17.9 Å². The van der Waals surface area contributed by atoms with Crippen molar-refractivity contribution >= 4 is 29.2 Å². The van der Waals surface area contributed by atoms with E-state index in [-0.39, 0.29) is 11.1 Å². The van der Waals surface area contributed by atoms with Gasteiger partial charge in [0.15, 0.2) is 5.78 Å². The zero-order valence-electron chi connectivity index (χ0n) is 9.94. The van der Waals surface area contributed by atoms with E-state index in [0.29, 0.717) is 5.56 Å². The molecule has 0 bridgehead atoms. The maximum absolute atomic E-state index is 12.8. The molecule has 0 aliphatic carbocycles. The molecule has 1 aromatic rings. The van der Waals surface area contributed by atoms with Crippen LogP contribution in [0.4, 0.5) is 4.39 Å². The van der Waals surface area contributed by atoms with Gasteiger partial charge >= 0.3 is 0 Å². The van der Waals surface area contributed by atoms with Gasteiger partial charge in [-0.15, -0.1) is 0 Å². The third-order valence-electron chi connectivity index (χ3n) is 2.32. The zero-order chi connectivity index (χ0) is 14.3. The van der Waals surface area contributed by atoms with Gasteiger partial charge in [0.1, 0.15) is 5.82 Å². The molecule has 3 N–H and O–H groups in total. The topological polar surface area (TPSA) is 66.9 Å². The number of benzene rings is 1. The number of carbonyl (C=O) groups excluding carboxylic acids is 1. The molecular formula is C14H12ClFN2O. The summed E-state index contributed by atoms with van der Waals surface area (Å²) >= 11 is 5.57. The Bertz CT molecular complexity index is 559. The average molecular weight is 279 g/mol. The first-order valence-corrected chi connectivity index (χ1v) is 5.77. The van der Waals surface area contributed by atoms with Crippen molar-refractivity contribution < 1.29 is 9.18 Å². The van der Waals surface area contributed by atoms with Crippen LogP contribution >= 0.6 is 11.6 Å². The normalized spacial score (nSPS) is 12.7. The molecule has 3 nitrogen and oxygen atoms in total. The molecule has 1 aromatic carbocycles. The van der Waals surface area contributed by atoms with Gasteiger partial charge in [0.2, 0.25) is 0 Å². The van der Waals surface area contributed by atoms with Crippen molar-refractivity contribution in [3.63, 3.8) is 0 Å². The Morgan fingerprint density at radius 2 is 1.95 bits per heavy atom. The Kier molecular flexibility index (Phi) is 5.70. The summed E-state index contributed by atoms with van der Waals surface area (Å²) in [7, 11) is 0. The molecule has 0 atom stereocenters. The average Bonchev–Trinajstić information content (AvgIpc) is 2.42. The molecule has 0 fully saturated rings. The van der Waals surface area contributed by atoms with Crippen LogP contribution < -0.4 is 5.73 Å². The van der Waals surface area contributed by atoms with E-state index < -0.39 is 11.6 Å². The predicted octanol–water partition coefficient (Wildman–Crippen LogP) is 3.02. The van der Waals surface area contributed by atoms with Gasteiger partial charge in [-0.05, 0) is 29.8 Å². The number of ketones is 1. The van der Waals surface area contributed by atoms with E-state index in [9.17, 15) is 9.18 Å². The van der Waals surface area contributed by atoms with Crippen LogP contribution in [-0.4, -0.2) is 12.0 Å².